The number of aromatic carboxylic acids is 1. The molecule has 1 heterocycles. The molecule has 1 amide bonds. The molecule has 1 fully saturated rings. The van der Waals surface area contributed by atoms with Crippen LogP contribution in [0.15, 0.2) is 30.5 Å². The van der Waals surface area contributed by atoms with Crippen LogP contribution < -0.4 is 5.32 Å². The molecule has 2 aliphatic rings. The molecule has 0 bridgehead atoms. The number of rotatable bonds is 5. The highest BCUT2D eigenvalue weighted by Crippen LogP contribution is 2.30. The molecular formula is C20H22N2O3. The monoisotopic (exact) mass is 338 g/mol. The van der Waals surface area contributed by atoms with Gasteiger partial charge in [-0.2, -0.15) is 0 Å². The summed E-state index contributed by atoms with van der Waals surface area (Å²) in [6.45, 7) is 0. The highest BCUT2D eigenvalue weighted by molar-refractivity contribution is 5.93. The maximum Gasteiger partial charge on any atom is 0.335 e. The van der Waals surface area contributed by atoms with Gasteiger partial charge in [-0.25, -0.2) is 4.79 Å². The van der Waals surface area contributed by atoms with E-state index in [1.165, 1.54) is 24.8 Å². The number of carbonyl (C=O) groups excluding carboxylic acids is 1. The molecule has 0 saturated heterocycles. The zero-order valence-electron chi connectivity index (χ0n) is 14.0. The second-order valence-electron chi connectivity index (χ2n) is 7.29. The summed E-state index contributed by atoms with van der Waals surface area (Å²) in [5.41, 5.74) is 4.25. The Morgan fingerprint density at radius 1 is 1.16 bits per heavy atom. The van der Waals surface area contributed by atoms with Gasteiger partial charge in [-0.05, 0) is 60.1 Å². The summed E-state index contributed by atoms with van der Waals surface area (Å²) in [6.07, 6.45) is 8.34. The number of nitrogens with one attached hydrogen (secondary N) is 2. The lowest BCUT2D eigenvalue weighted by molar-refractivity contribution is 0.0696. The quantitative estimate of drug-likeness (QED) is 0.784. The summed E-state index contributed by atoms with van der Waals surface area (Å²) in [5.74, 6) is -0.226. The van der Waals surface area contributed by atoms with E-state index in [4.69, 9.17) is 5.11 Å². The summed E-state index contributed by atoms with van der Waals surface area (Å²) in [6, 6.07) is 7.18. The fourth-order valence-electron chi connectivity index (χ4n) is 3.83. The maximum absolute atomic E-state index is 12.5. The Morgan fingerprint density at radius 3 is 2.68 bits per heavy atom. The van der Waals surface area contributed by atoms with Crippen LogP contribution in [0, 0.1) is 5.92 Å². The number of H-pyrrole nitrogens is 1. The first kappa shape index (κ1) is 15.9. The van der Waals surface area contributed by atoms with Crippen molar-refractivity contribution in [2.24, 2.45) is 5.92 Å². The van der Waals surface area contributed by atoms with Crippen molar-refractivity contribution in [3.05, 3.63) is 58.4 Å². The van der Waals surface area contributed by atoms with Gasteiger partial charge in [-0.1, -0.05) is 25.3 Å². The lowest BCUT2D eigenvalue weighted by atomic mass is 9.81. The predicted molar refractivity (Wildman–Crippen MR) is 93.9 cm³/mol. The van der Waals surface area contributed by atoms with Crippen molar-refractivity contribution in [2.45, 2.75) is 44.6 Å². The Morgan fingerprint density at radius 2 is 1.96 bits per heavy atom. The predicted octanol–water partition coefficient (Wildman–Crippen LogP) is 2.95. The second kappa shape index (κ2) is 6.39. The maximum atomic E-state index is 12.5. The van der Waals surface area contributed by atoms with Gasteiger partial charge in [0.2, 0.25) is 0 Å². The first-order valence-electron chi connectivity index (χ1n) is 8.92. The lowest BCUT2D eigenvalue weighted by Gasteiger charge is -2.24. The summed E-state index contributed by atoms with van der Waals surface area (Å²) >= 11 is 0. The molecule has 5 nitrogen and oxygen atoms in total. The molecule has 1 aromatic heterocycles. The largest absolute Gasteiger partial charge is 0.478 e. The fourth-order valence-corrected chi connectivity index (χ4v) is 3.83. The van der Waals surface area contributed by atoms with Gasteiger partial charge < -0.3 is 15.4 Å². The van der Waals surface area contributed by atoms with Gasteiger partial charge in [0.15, 0.2) is 0 Å². The molecule has 0 spiro atoms. The molecule has 1 unspecified atom stereocenters. The van der Waals surface area contributed by atoms with E-state index < -0.39 is 5.97 Å². The Kier molecular flexibility index (Phi) is 4.07. The topological polar surface area (TPSA) is 82.2 Å². The number of hydrogen-bond donors (Lipinski definition) is 3. The summed E-state index contributed by atoms with van der Waals surface area (Å²) in [7, 11) is 0. The van der Waals surface area contributed by atoms with E-state index in [0.29, 0.717) is 17.7 Å². The number of carboxylic acid groups (broad SMARTS) is 1. The van der Waals surface area contributed by atoms with E-state index >= 15 is 0 Å². The van der Waals surface area contributed by atoms with Crippen molar-refractivity contribution in [1.29, 1.82) is 0 Å². The van der Waals surface area contributed by atoms with Gasteiger partial charge in [-0.15, -0.1) is 0 Å². The van der Waals surface area contributed by atoms with Crippen molar-refractivity contribution in [3.8, 4) is 0 Å². The minimum Gasteiger partial charge on any atom is -0.478 e. The zero-order valence-corrected chi connectivity index (χ0v) is 14.0. The zero-order chi connectivity index (χ0) is 17.4. The smallest absolute Gasteiger partial charge is 0.335 e. The van der Waals surface area contributed by atoms with Crippen LogP contribution >= 0.6 is 0 Å². The average molecular weight is 338 g/mol. The molecule has 0 aliphatic heterocycles. The number of benzene rings is 1. The van der Waals surface area contributed by atoms with Gasteiger partial charge in [-0.3, -0.25) is 4.79 Å². The fraction of sp³-hybridized carbons (Fsp3) is 0.400. The first-order chi connectivity index (χ1) is 12.1. The molecule has 1 saturated carbocycles. The van der Waals surface area contributed by atoms with Gasteiger partial charge in [0.25, 0.3) is 5.91 Å². The van der Waals surface area contributed by atoms with E-state index in [-0.39, 0.29) is 11.9 Å². The number of hydrogen-bond acceptors (Lipinski definition) is 2. The summed E-state index contributed by atoms with van der Waals surface area (Å²) in [4.78, 5) is 26.6. The first-order valence-corrected chi connectivity index (χ1v) is 8.92. The van der Waals surface area contributed by atoms with Gasteiger partial charge in [0, 0.05) is 12.2 Å². The molecule has 4 rings (SSSR count). The van der Waals surface area contributed by atoms with Crippen LogP contribution in [0.5, 0.6) is 0 Å². The Bertz CT molecular complexity index is 820. The van der Waals surface area contributed by atoms with Gasteiger partial charge >= 0.3 is 5.97 Å². The highest BCUT2D eigenvalue weighted by atomic mass is 16.4. The number of aromatic nitrogens is 1. The second-order valence-corrected chi connectivity index (χ2v) is 7.29. The minimum absolute atomic E-state index is 0.0185. The van der Waals surface area contributed by atoms with E-state index in [9.17, 15) is 9.59 Å². The van der Waals surface area contributed by atoms with Crippen LogP contribution in [0.1, 0.15) is 56.8 Å². The van der Waals surface area contributed by atoms with Gasteiger partial charge in [0.1, 0.15) is 5.69 Å². The molecule has 3 N–H and O–H groups in total. The third kappa shape index (κ3) is 3.31. The average Bonchev–Trinajstić information content (AvgIpc) is 3.16. The van der Waals surface area contributed by atoms with Crippen LogP contribution in [0.25, 0.3) is 0 Å². The number of amides is 1. The van der Waals surface area contributed by atoms with Crippen molar-refractivity contribution < 1.29 is 14.7 Å². The number of carbonyl (C=O) groups is 2. The Labute approximate surface area is 146 Å². The van der Waals surface area contributed by atoms with E-state index in [1.54, 1.807) is 12.1 Å². The number of fused-ring (bicyclic) bond motifs is 1. The molecule has 130 valence electrons. The minimum atomic E-state index is -0.916. The van der Waals surface area contributed by atoms with Crippen LogP contribution in [-0.4, -0.2) is 28.0 Å². The molecule has 2 aromatic rings. The van der Waals surface area contributed by atoms with E-state index in [0.717, 1.165) is 29.9 Å². The van der Waals surface area contributed by atoms with E-state index in [1.807, 2.05) is 18.3 Å². The number of aromatic amines is 1. The van der Waals surface area contributed by atoms with Crippen LogP contribution in [0.4, 0.5) is 0 Å². The van der Waals surface area contributed by atoms with Crippen molar-refractivity contribution >= 4 is 11.9 Å². The van der Waals surface area contributed by atoms with Crippen molar-refractivity contribution in [1.82, 2.24) is 10.3 Å². The third-order valence-electron chi connectivity index (χ3n) is 5.46. The number of carboxylic acids is 1. The standard InChI is InChI=1S/C20H22N2O3/c23-19(18-7-13(11-21-18)6-12-2-1-3-12)22-17-9-14-4-5-15(20(24)25)8-16(14)10-17/h4-5,7-8,11-12,17,21H,1-3,6,9-10H2,(H,22,23)(H,24,25). The normalized spacial score (nSPS) is 19.3. The van der Waals surface area contributed by atoms with Crippen molar-refractivity contribution in [3.63, 3.8) is 0 Å². The van der Waals surface area contributed by atoms with Crippen LogP contribution in [0.3, 0.4) is 0 Å². The molecule has 25 heavy (non-hydrogen) atoms. The molecule has 1 atom stereocenters. The molecular weight excluding hydrogens is 316 g/mol. The third-order valence-corrected chi connectivity index (χ3v) is 5.46. The SMILES string of the molecule is O=C(O)c1ccc2c(c1)CC(NC(=O)c1cc(CC3CCC3)c[nH]1)C2. The Hall–Kier alpha value is -2.56. The summed E-state index contributed by atoms with van der Waals surface area (Å²) in [5, 5.41) is 12.2. The summed E-state index contributed by atoms with van der Waals surface area (Å²) < 4.78 is 0. The molecule has 1 aromatic carbocycles. The molecule has 2 aliphatic carbocycles. The highest BCUT2D eigenvalue weighted by Gasteiger charge is 2.25. The van der Waals surface area contributed by atoms with Crippen molar-refractivity contribution in [2.75, 3.05) is 0 Å². The van der Waals surface area contributed by atoms with E-state index in [2.05, 4.69) is 10.3 Å². The van der Waals surface area contributed by atoms with Crippen LogP contribution in [-0.2, 0) is 19.3 Å². The lowest BCUT2D eigenvalue weighted by Crippen LogP contribution is -2.35. The van der Waals surface area contributed by atoms with Gasteiger partial charge in [0.05, 0.1) is 5.56 Å². The molecule has 5 heteroatoms. The molecule has 0 radical (unpaired) electrons. The Balaban J connectivity index is 1.37. The van der Waals surface area contributed by atoms with Crippen LogP contribution in [0.2, 0.25) is 0 Å².